The van der Waals surface area contributed by atoms with Crippen molar-refractivity contribution in [2.75, 3.05) is 11.9 Å². The highest BCUT2D eigenvalue weighted by Gasteiger charge is 2.24. The van der Waals surface area contributed by atoms with Gasteiger partial charge in [-0.1, -0.05) is 47.8 Å². The van der Waals surface area contributed by atoms with E-state index in [0.717, 1.165) is 59.6 Å². The molecule has 0 radical (unpaired) electrons. The van der Waals surface area contributed by atoms with E-state index in [2.05, 4.69) is 22.9 Å². The van der Waals surface area contributed by atoms with Crippen LogP contribution >= 0.6 is 34.8 Å². The zero-order valence-electron chi connectivity index (χ0n) is 14.3. The van der Waals surface area contributed by atoms with Crippen LogP contribution in [0.1, 0.15) is 31.4 Å². The fraction of sp³-hybridized carbons (Fsp3) is 0.316. The highest BCUT2D eigenvalue weighted by Crippen LogP contribution is 2.42. The van der Waals surface area contributed by atoms with Gasteiger partial charge in [-0.3, -0.25) is 0 Å². The van der Waals surface area contributed by atoms with E-state index in [0.29, 0.717) is 15.1 Å². The maximum absolute atomic E-state index is 6.79. The number of aryl methyl sites for hydroxylation is 1. The summed E-state index contributed by atoms with van der Waals surface area (Å²) in [6.45, 7) is 3.89. The van der Waals surface area contributed by atoms with E-state index in [1.807, 2.05) is 12.1 Å². The molecule has 2 aromatic carbocycles. The molecule has 0 spiro atoms. The lowest BCUT2D eigenvalue weighted by Crippen LogP contribution is -2.18. The van der Waals surface area contributed by atoms with Gasteiger partial charge in [0.05, 0.1) is 10.5 Å². The summed E-state index contributed by atoms with van der Waals surface area (Å²) >= 11 is 19.3. The van der Waals surface area contributed by atoms with Gasteiger partial charge in [-0.15, -0.1) is 0 Å². The lowest BCUT2D eigenvalue weighted by Gasteiger charge is -2.20. The van der Waals surface area contributed by atoms with Crippen molar-refractivity contribution >= 4 is 51.8 Å². The number of hydrogen-bond donors (Lipinski definition) is 2. The molecule has 1 atom stereocenters. The second-order valence-corrected chi connectivity index (χ2v) is 7.75. The summed E-state index contributed by atoms with van der Waals surface area (Å²) < 4.78 is 2.18. The fourth-order valence-electron chi connectivity index (χ4n) is 3.51. The Hall–Kier alpha value is -1.46. The zero-order valence-corrected chi connectivity index (χ0v) is 16.6. The first-order valence-corrected chi connectivity index (χ1v) is 9.82. The smallest absolute Gasteiger partial charge is 0.203 e. The maximum Gasteiger partial charge on any atom is 0.203 e. The van der Waals surface area contributed by atoms with Crippen molar-refractivity contribution in [3.8, 4) is 11.1 Å². The highest BCUT2D eigenvalue weighted by atomic mass is 35.5. The third-order valence-corrected chi connectivity index (χ3v) is 5.82. The number of nitrogens with two attached hydrogens (primary N) is 1. The molecule has 3 aromatic rings. The van der Waals surface area contributed by atoms with Crippen LogP contribution in [0.3, 0.4) is 0 Å². The van der Waals surface area contributed by atoms with Gasteiger partial charge in [-0.2, -0.15) is 0 Å². The van der Waals surface area contributed by atoms with E-state index in [1.165, 1.54) is 0 Å². The summed E-state index contributed by atoms with van der Waals surface area (Å²) in [6.07, 6.45) is 1.86. The molecule has 1 aliphatic rings. The van der Waals surface area contributed by atoms with Gasteiger partial charge < -0.3 is 15.6 Å². The highest BCUT2D eigenvalue weighted by molar-refractivity contribution is 6.40. The van der Waals surface area contributed by atoms with Crippen molar-refractivity contribution in [3.05, 3.63) is 44.9 Å². The third-order valence-electron chi connectivity index (χ3n) is 4.89. The number of rotatable bonds is 3. The average molecular weight is 410 g/mol. The normalized spacial score (nSPS) is 15.0. The molecule has 4 nitrogen and oxygen atoms in total. The first-order chi connectivity index (χ1) is 12.5. The van der Waals surface area contributed by atoms with Gasteiger partial charge in [0, 0.05) is 40.3 Å². The Morgan fingerprint density at radius 1 is 1.23 bits per heavy atom. The minimum absolute atomic E-state index is 0.109. The minimum atomic E-state index is -0.109. The summed E-state index contributed by atoms with van der Waals surface area (Å²) in [5.74, 6) is 0.844. The summed E-state index contributed by atoms with van der Waals surface area (Å²) in [5.41, 5.74) is 10.9. The number of halogens is 3. The molecule has 1 unspecified atom stereocenters. The number of aromatic nitrogens is 2. The first-order valence-electron chi connectivity index (χ1n) is 8.68. The Balaban J connectivity index is 2.05. The number of nitrogens with one attached hydrogen (secondary N) is 1. The monoisotopic (exact) mass is 408 g/mol. The van der Waals surface area contributed by atoms with E-state index < -0.39 is 0 Å². The van der Waals surface area contributed by atoms with Crippen molar-refractivity contribution < 1.29 is 0 Å². The number of nitrogens with zero attached hydrogens (tertiary/aromatic N) is 2. The second kappa shape index (κ2) is 6.93. The van der Waals surface area contributed by atoms with Gasteiger partial charge in [0.15, 0.2) is 0 Å². The lowest BCUT2D eigenvalue weighted by atomic mass is 9.96. The number of benzene rings is 2. The van der Waals surface area contributed by atoms with Crippen molar-refractivity contribution in [1.29, 1.82) is 0 Å². The SMILES string of the molecule is CCC(N)c1cc(-c2ccc(Cl)cc2Cl)c(Cl)c2nc3n(c12)CCCN3. The Kier molecular flexibility index (Phi) is 4.78. The van der Waals surface area contributed by atoms with Gasteiger partial charge in [0.2, 0.25) is 5.95 Å². The van der Waals surface area contributed by atoms with Gasteiger partial charge in [0.1, 0.15) is 5.52 Å². The second-order valence-electron chi connectivity index (χ2n) is 6.53. The van der Waals surface area contributed by atoms with E-state index in [9.17, 15) is 0 Å². The van der Waals surface area contributed by atoms with Crippen molar-refractivity contribution in [3.63, 3.8) is 0 Å². The van der Waals surface area contributed by atoms with E-state index in [1.54, 1.807) is 6.07 Å². The van der Waals surface area contributed by atoms with Crippen LogP contribution in [0, 0.1) is 0 Å². The van der Waals surface area contributed by atoms with Gasteiger partial charge in [-0.05, 0) is 36.6 Å². The van der Waals surface area contributed by atoms with Crippen molar-refractivity contribution in [1.82, 2.24) is 9.55 Å². The third kappa shape index (κ3) is 2.85. The Bertz CT molecular complexity index is 996. The van der Waals surface area contributed by atoms with Crippen LogP contribution in [0.15, 0.2) is 24.3 Å². The molecule has 0 bridgehead atoms. The number of imidazole rings is 1. The van der Waals surface area contributed by atoms with Crippen molar-refractivity contribution in [2.45, 2.75) is 32.4 Å². The number of fused-ring (bicyclic) bond motifs is 3. The molecule has 3 N–H and O–H groups in total. The lowest BCUT2D eigenvalue weighted by molar-refractivity contribution is 0.634. The molecule has 1 aliphatic heterocycles. The topological polar surface area (TPSA) is 55.9 Å². The van der Waals surface area contributed by atoms with E-state index >= 15 is 0 Å². The molecule has 0 saturated carbocycles. The number of anilines is 1. The van der Waals surface area contributed by atoms with Crippen LogP contribution in [0.2, 0.25) is 15.1 Å². The maximum atomic E-state index is 6.79. The standard InChI is InChI=1S/C19H19Cl3N4/c1-2-15(23)13-9-12(11-5-4-10(20)8-14(11)21)16(22)17-18(13)26-7-3-6-24-19(26)25-17/h4-5,8-9,15H,2-3,6-7,23H2,1H3,(H,24,25). The quantitative estimate of drug-likeness (QED) is 0.567. The van der Waals surface area contributed by atoms with Crippen molar-refractivity contribution in [2.24, 2.45) is 5.73 Å². The van der Waals surface area contributed by atoms with E-state index in [-0.39, 0.29) is 6.04 Å². The largest absolute Gasteiger partial charge is 0.356 e. The van der Waals surface area contributed by atoms with Crippen LogP contribution in [0.25, 0.3) is 22.2 Å². The Morgan fingerprint density at radius 3 is 2.77 bits per heavy atom. The summed E-state index contributed by atoms with van der Waals surface area (Å²) in [5, 5.41) is 5.07. The molecule has 0 saturated heterocycles. The van der Waals surface area contributed by atoms with Crippen LogP contribution < -0.4 is 11.1 Å². The predicted molar refractivity (Wildman–Crippen MR) is 111 cm³/mol. The van der Waals surface area contributed by atoms with Crippen LogP contribution in [-0.4, -0.2) is 16.1 Å². The van der Waals surface area contributed by atoms with Crippen LogP contribution in [0.4, 0.5) is 5.95 Å². The number of hydrogen-bond acceptors (Lipinski definition) is 3. The molecular weight excluding hydrogens is 391 g/mol. The summed E-state index contributed by atoms with van der Waals surface area (Å²) in [4.78, 5) is 4.76. The molecule has 4 rings (SSSR count). The fourth-order valence-corrected chi connectivity index (χ4v) is 4.31. The minimum Gasteiger partial charge on any atom is -0.356 e. The van der Waals surface area contributed by atoms with Crippen LogP contribution in [0.5, 0.6) is 0 Å². The zero-order chi connectivity index (χ0) is 18.4. The summed E-state index contributed by atoms with van der Waals surface area (Å²) in [6, 6.07) is 7.35. The Labute approximate surface area is 167 Å². The molecule has 7 heteroatoms. The molecular formula is C19H19Cl3N4. The average Bonchev–Trinajstić information content (AvgIpc) is 3.02. The first kappa shape index (κ1) is 17.9. The molecule has 0 fully saturated rings. The summed E-state index contributed by atoms with van der Waals surface area (Å²) in [7, 11) is 0. The molecule has 2 heterocycles. The predicted octanol–water partition coefficient (Wildman–Crippen LogP) is 5.89. The molecule has 136 valence electrons. The van der Waals surface area contributed by atoms with Gasteiger partial charge in [-0.25, -0.2) is 4.98 Å². The molecule has 26 heavy (non-hydrogen) atoms. The van der Waals surface area contributed by atoms with Gasteiger partial charge in [0.25, 0.3) is 0 Å². The molecule has 1 aromatic heterocycles. The molecule has 0 amide bonds. The van der Waals surface area contributed by atoms with E-state index in [4.69, 9.17) is 45.5 Å². The molecule has 0 aliphatic carbocycles. The Morgan fingerprint density at radius 2 is 2.04 bits per heavy atom. The van der Waals surface area contributed by atoms with Crippen LogP contribution in [-0.2, 0) is 6.54 Å². The van der Waals surface area contributed by atoms with Gasteiger partial charge >= 0.3 is 0 Å².